The number of rotatable bonds is 3. The van der Waals surface area contributed by atoms with Gasteiger partial charge in [-0.05, 0) is 60.2 Å². The van der Waals surface area contributed by atoms with Crippen LogP contribution < -0.4 is 11.1 Å². The first-order chi connectivity index (χ1) is 14.5. The average molecular weight is 394 g/mol. The van der Waals surface area contributed by atoms with Gasteiger partial charge in [-0.2, -0.15) is 5.26 Å². The van der Waals surface area contributed by atoms with Gasteiger partial charge in [0.05, 0.1) is 28.9 Å². The Bertz CT molecular complexity index is 1370. The number of nitrogens with zero attached hydrogens (tertiary/aromatic N) is 4. The van der Waals surface area contributed by atoms with Crippen LogP contribution in [0.25, 0.3) is 32.9 Å². The minimum atomic E-state index is -0.247. The number of benzene rings is 1. The molecular weight excluding hydrogens is 376 g/mol. The Kier molecular flexibility index (Phi) is 4.07. The van der Waals surface area contributed by atoms with Crippen LogP contribution in [0.2, 0.25) is 0 Å². The molecule has 1 saturated carbocycles. The van der Waals surface area contributed by atoms with E-state index < -0.39 is 0 Å². The summed E-state index contributed by atoms with van der Waals surface area (Å²) in [6.07, 6.45) is 5.85. The second kappa shape index (κ2) is 6.78. The van der Waals surface area contributed by atoms with Crippen molar-refractivity contribution in [3.8, 4) is 17.2 Å². The maximum absolute atomic E-state index is 12.3. The number of nitrogens with two attached hydrogens (primary N) is 1. The predicted molar refractivity (Wildman–Crippen MR) is 115 cm³/mol. The zero-order chi connectivity index (χ0) is 20.8. The molecule has 1 amide bonds. The normalized spacial score (nSPS) is 17.6. The number of nitrogens with one attached hydrogen (secondary N) is 1. The zero-order valence-electron chi connectivity index (χ0n) is 16.3. The van der Waals surface area contributed by atoms with Gasteiger partial charge in [-0.15, -0.1) is 0 Å². The highest BCUT2D eigenvalue weighted by molar-refractivity contribution is 6.00. The molecule has 4 aromatic rings. The second-order valence-electron chi connectivity index (χ2n) is 7.59. The molecule has 0 saturated heterocycles. The first kappa shape index (κ1) is 18.0. The smallest absolute Gasteiger partial charge is 0.230 e. The van der Waals surface area contributed by atoms with Crippen LogP contribution in [0.3, 0.4) is 0 Å². The van der Waals surface area contributed by atoms with E-state index in [4.69, 9.17) is 11.0 Å². The lowest BCUT2D eigenvalue weighted by atomic mass is 9.98. The molecule has 1 aromatic carbocycles. The molecule has 30 heavy (non-hydrogen) atoms. The number of anilines is 2. The number of nitriles is 1. The fourth-order valence-electron chi connectivity index (χ4n) is 3.80. The maximum atomic E-state index is 12.3. The standard InChI is InChI=1S/C23H18N6O/c1-12-17(10-27-20-3-2-4-26-22(12)20)13-5-14-8-21(28-11-18(14)19(25)7-13)29-23(30)16-6-15(16)9-24/h2-5,7-8,10-11,15-16H,6,25H2,1H3,(H,28,29,30). The summed E-state index contributed by atoms with van der Waals surface area (Å²) in [7, 11) is 0. The van der Waals surface area contributed by atoms with Crippen LogP contribution >= 0.6 is 0 Å². The number of hydrogen-bond acceptors (Lipinski definition) is 6. The Morgan fingerprint density at radius 3 is 2.90 bits per heavy atom. The Labute approximate surface area is 172 Å². The van der Waals surface area contributed by atoms with Gasteiger partial charge in [0.15, 0.2) is 0 Å². The van der Waals surface area contributed by atoms with Gasteiger partial charge in [-0.1, -0.05) is 0 Å². The van der Waals surface area contributed by atoms with Crippen molar-refractivity contribution in [2.24, 2.45) is 11.8 Å². The summed E-state index contributed by atoms with van der Waals surface area (Å²) in [5, 5.41) is 13.4. The van der Waals surface area contributed by atoms with E-state index in [1.54, 1.807) is 18.5 Å². The quantitative estimate of drug-likeness (QED) is 0.510. The molecule has 7 heteroatoms. The molecule has 0 spiro atoms. The van der Waals surface area contributed by atoms with Crippen LogP contribution in [0.1, 0.15) is 12.0 Å². The number of pyridine rings is 3. The summed E-state index contributed by atoms with van der Waals surface area (Å²) < 4.78 is 0. The van der Waals surface area contributed by atoms with Gasteiger partial charge >= 0.3 is 0 Å². The number of amides is 1. The summed E-state index contributed by atoms with van der Waals surface area (Å²) in [6, 6.07) is 11.7. The molecule has 1 aliphatic rings. The first-order valence-electron chi connectivity index (χ1n) is 9.65. The average Bonchev–Trinajstić information content (AvgIpc) is 3.54. The van der Waals surface area contributed by atoms with E-state index in [-0.39, 0.29) is 17.7 Å². The highest BCUT2D eigenvalue weighted by Gasteiger charge is 2.43. The Hall–Kier alpha value is -4.05. The predicted octanol–water partition coefficient (Wildman–Crippen LogP) is 3.83. The highest BCUT2D eigenvalue weighted by atomic mass is 16.2. The molecule has 1 aliphatic carbocycles. The van der Waals surface area contributed by atoms with Crippen molar-refractivity contribution in [1.29, 1.82) is 5.26 Å². The summed E-state index contributed by atoms with van der Waals surface area (Å²) in [6.45, 7) is 2.02. The van der Waals surface area contributed by atoms with Crippen molar-refractivity contribution in [2.75, 3.05) is 11.1 Å². The van der Waals surface area contributed by atoms with Gasteiger partial charge in [0, 0.05) is 35.2 Å². The molecule has 2 atom stereocenters. The van der Waals surface area contributed by atoms with Gasteiger partial charge in [0.1, 0.15) is 5.82 Å². The minimum Gasteiger partial charge on any atom is -0.398 e. The van der Waals surface area contributed by atoms with Gasteiger partial charge in [0.25, 0.3) is 0 Å². The largest absolute Gasteiger partial charge is 0.398 e. The molecule has 146 valence electrons. The first-order valence-corrected chi connectivity index (χ1v) is 9.65. The number of hydrogen-bond donors (Lipinski definition) is 2. The fourth-order valence-corrected chi connectivity index (χ4v) is 3.80. The molecule has 2 unspecified atom stereocenters. The van der Waals surface area contributed by atoms with Crippen LogP contribution in [0.15, 0.2) is 48.9 Å². The molecule has 7 nitrogen and oxygen atoms in total. The third-order valence-electron chi connectivity index (χ3n) is 5.60. The summed E-state index contributed by atoms with van der Waals surface area (Å²) in [4.78, 5) is 25.6. The lowest BCUT2D eigenvalue weighted by Crippen LogP contribution is -2.15. The number of fused-ring (bicyclic) bond motifs is 2. The molecule has 3 heterocycles. The third kappa shape index (κ3) is 2.99. The van der Waals surface area contributed by atoms with Crippen LogP contribution in [-0.2, 0) is 4.79 Å². The highest BCUT2D eigenvalue weighted by Crippen LogP contribution is 2.39. The summed E-state index contributed by atoms with van der Waals surface area (Å²) in [5.41, 5.74) is 11.5. The molecule has 3 aromatic heterocycles. The van der Waals surface area contributed by atoms with Gasteiger partial charge in [-0.3, -0.25) is 14.8 Å². The van der Waals surface area contributed by atoms with E-state index in [1.165, 1.54) is 0 Å². The Morgan fingerprint density at radius 1 is 1.23 bits per heavy atom. The van der Waals surface area contributed by atoms with E-state index in [9.17, 15) is 4.79 Å². The maximum Gasteiger partial charge on any atom is 0.230 e. The van der Waals surface area contributed by atoms with E-state index in [0.717, 1.165) is 38.5 Å². The van der Waals surface area contributed by atoms with Crippen molar-refractivity contribution >= 4 is 39.2 Å². The Balaban J connectivity index is 1.55. The van der Waals surface area contributed by atoms with Gasteiger partial charge < -0.3 is 11.1 Å². The van der Waals surface area contributed by atoms with Crippen LogP contribution in [0.4, 0.5) is 11.5 Å². The molecule has 0 aliphatic heterocycles. The number of carbonyl (C=O) groups excluding carboxylic acids is 1. The zero-order valence-corrected chi connectivity index (χ0v) is 16.3. The topological polar surface area (TPSA) is 118 Å². The van der Waals surface area contributed by atoms with Crippen molar-refractivity contribution in [3.63, 3.8) is 0 Å². The lowest BCUT2D eigenvalue weighted by molar-refractivity contribution is -0.117. The number of aromatic nitrogens is 3. The Morgan fingerprint density at radius 2 is 2.10 bits per heavy atom. The lowest BCUT2D eigenvalue weighted by Gasteiger charge is -2.12. The molecule has 0 radical (unpaired) electrons. The van der Waals surface area contributed by atoms with Crippen molar-refractivity contribution < 1.29 is 4.79 Å². The molecule has 3 N–H and O–H groups in total. The van der Waals surface area contributed by atoms with Crippen LogP contribution in [-0.4, -0.2) is 20.9 Å². The van der Waals surface area contributed by atoms with Crippen molar-refractivity contribution in [3.05, 3.63) is 54.5 Å². The number of carbonyl (C=O) groups is 1. The van der Waals surface area contributed by atoms with Crippen LogP contribution in [0, 0.1) is 30.1 Å². The summed E-state index contributed by atoms with van der Waals surface area (Å²) >= 11 is 0. The summed E-state index contributed by atoms with van der Waals surface area (Å²) in [5.74, 6) is -0.159. The van der Waals surface area contributed by atoms with Gasteiger partial charge in [0.2, 0.25) is 5.91 Å². The molecule has 0 bridgehead atoms. The molecule has 1 fully saturated rings. The van der Waals surface area contributed by atoms with Crippen molar-refractivity contribution in [1.82, 2.24) is 15.0 Å². The SMILES string of the molecule is Cc1c(-c2cc(N)c3cnc(NC(=O)C4CC4C#N)cc3c2)cnc2cccnc12. The molecule has 5 rings (SSSR count). The van der Waals surface area contributed by atoms with Crippen molar-refractivity contribution in [2.45, 2.75) is 13.3 Å². The van der Waals surface area contributed by atoms with Gasteiger partial charge in [-0.25, -0.2) is 4.98 Å². The second-order valence-corrected chi connectivity index (χ2v) is 7.59. The number of nitrogen functional groups attached to an aromatic ring is 1. The monoisotopic (exact) mass is 394 g/mol. The fraction of sp³-hybridized carbons (Fsp3) is 0.174. The van der Waals surface area contributed by atoms with Crippen LogP contribution in [0.5, 0.6) is 0 Å². The third-order valence-corrected chi connectivity index (χ3v) is 5.60. The van der Waals surface area contributed by atoms with E-state index in [2.05, 4.69) is 26.3 Å². The van der Waals surface area contributed by atoms with E-state index in [0.29, 0.717) is 17.9 Å². The molecular formula is C23H18N6O. The van der Waals surface area contributed by atoms with E-state index in [1.807, 2.05) is 37.4 Å². The minimum absolute atomic E-state index is 0.168. The number of aryl methyl sites for hydroxylation is 1. The van der Waals surface area contributed by atoms with E-state index >= 15 is 0 Å².